The standard InChI is InChI=1S/C13H19NO3/c1-13(2,16)12(15)14-9-8-10-4-6-11(17-3)7-5-10/h4-7,16H,8-9H2,1-3H3,(H,14,15). The lowest BCUT2D eigenvalue weighted by Crippen LogP contribution is -2.42. The zero-order valence-electron chi connectivity index (χ0n) is 10.5. The second-order valence-corrected chi connectivity index (χ2v) is 4.41. The topological polar surface area (TPSA) is 58.6 Å². The third kappa shape index (κ3) is 4.44. The maximum Gasteiger partial charge on any atom is 0.251 e. The van der Waals surface area contributed by atoms with Crippen molar-refractivity contribution in [2.24, 2.45) is 0 Å². The Kier molecular flexibility index (Phi) is 4.52. The molecule has 0 aromatic heterocycles. The van der Waals surface area contributed by atoms with E-state index in [0.717, 1.165) is 17.7 Å². The fourth-order valence-electron chi connectivity index (χ4n) is 1.33. The first-order valence-corrected chi connectivity index (χ1v) is 5.57. The molecule has 0 spiro atoms. The monoisotopic (exact) mass is 237 g/mol. The second-order valence-electron chi connectivity index (χ2n) is 4.41. The molecule has 0 unspecified atom stereocenters. The molecule has 0 radical (unpaired) electrons. The molecule has 4 nitrogen and oxygen atoms in total. The number of hydrogen-bond donors (Lipinski definition) is 2. The molecule has 1 rings (SSSR count). The van der Waals surface area contributed by atoms with E-state index in [4.69, 9.17) is 4.74 Å². The number of nitrogens with one attached hydrogen (secondary N) is 1. The molecule has 0 atom stereocenters. The van der Waals surface area contributed by atoms with Crippen molar-refractivity contribution >= 4 is 5.91 Å². The molecule has 4 heteroatoms. The van der Waals surface area contributed by atoms with Crippen LogP contribution in [-0.2, 0) is 11.2 Å². The Morgan fingerprint density at radius 3 is 2.41 bits per heavy atom. The molecular weight excluding hydrogens is 218 g/mol. The van der Waals surface area contributed by atoms with Gasteiger partial charge in [0.05, 0.1) is 7.11 Å². The van der Waals surface area contributed by atoms with Gasteiger partial charge >= 0.3 is 0 Å². The second kappa shape index (κ2) is 5.68. The summed E-state index contributed by atoms with van der Waals surface area (Å²) in [4.78, 5) is 11.4. The predicted molar refractivity (Wildman–Crippen MR) is 66.0 cm³/mol. The highest BCUT2D eigenvalue weighted by molar-refractivity contribution is 5.83. The minimum atomic E-state index is -1.32. The van der Waals surface area contributed by atoms with Crippen LogP contribution in [0.3, 0.4) is 0 Å². The van der Waals surface area contributed by atoms with Crippen LogP contribution in [0, 0.1) is 0 Å². The maximum absolute atomic E-state index is 11.4. The van der Waals surface area contributed by atoms with Crippen molar-refractivity contribution in [1.29, 1.82) is 0 Å². The number of aliphatic hydroxyl groups is 1. The van der Waals surface area contributed by atoms with Gasteiger partial charge in [0, 0.05) is 6.54 Å². The summed E-state index contributed by atoms with van der Waals surface area (Å²) >= 11 is 0. The molecule has 94 valence electrons. The molecule has 0 saturated carbocycles. The molecule has 0 fully saturated rings. The van der Waals surface area contributed by atoms with E-state index in [-0.39, 0.29) is 5.91 Å². The lowest BCUT2D eigenvalue weighted by atomic mass is 10.1. The van der Waals surface area contributed by atoms with Gasteiger partial charge in [-0.25, -0.2) is 0 Å². The van der Waals surface area contributed by atoms with Crippen molar-refractivity contribution in [3.05, 3.63) is 29.8 Å². The summed E-state index contributed by atoms with van der Waals surface area (Å²) in [6.07, 6.45) is 0.728. The molecule has 1 aromatic rings. The summed E-state index contributed by atoms with van der Waals surface area (Å²) in [6, 6.07) is 7.67. The van der Waals surface area contributed by atoms with Gasteiger partial charge in [0.1, 0.15) is 11.4 Å². The minimum Gasteiger partial charge on any atom is -0.497 e. The van der Waals surface area contributed by atoms with E-state index in [1.807, 2.05) is 24.3 Å². The number of amides is 1. The van der Waals surface area contributed by atoms with Crippen LogP contribution in [0.25, 0.3) is 0 Å². The molecule has 0 bridgehead atoms. The molecule has 0 aliphatic carbocycles. The van der Waals surface area contributed by atoms with E-state index in [0.29, 0.717) is 6.54 Å². The molecule has 2 N–H and O–H groups in total. The number of ether oxygens (including phenoxy) is 1. The van der Waals surface area contributed by atoms with Gasteiger partial charge in [-0.05, 0) is 38.0 Å². The largest absolute Gasteiger partial charge is 0.497 e. The van der Waals surface area contributed by atoms with Crippen molar-refractivity contribution in [3.8, 4) is 5.75 Å². The van der Waals surface area contributed by atoms with Crippen LogP contribution < -0.4 is 10.1 Å². The molecule has 17 heavy (non-hydrogen) atoms. The first kappa shape index (κ1) is 13.5. The number of hydrogen-bond acceptors (Lipinski definition) is 3. The number of carbonyl (C=O) groups is 1. The van der Waals surface area contributed by atoms with E-state index in [9.17, 15) is 9.90 Å². The molecule has 1 amide bonds. The summed E-state index contributed by atoms with van der Waals surface area (Å²) < 4.78 is 5.05. The van der Waals surface area contributed by atoms with Crippen molar-refractivity contribution in [1.82, 2.24) is 5.32 Å². The average molecular weight is 237 g/mol. The summed E-state index contributed by atoms with van der Waals surface area (Å²) in [5.74, 6) is 0.459. The lowest BCUT2D eigenvalue weighted by Gasteiger charge is -2.16. The highest BCUT2D eigenvalue weighted by Gasteiger charge is 2.22. The van der Waals surface area contributed by atoms with E-state index in [1.165, 1.54) is 13.8 Å². The number of benzene rings is 1. The van der Waals surface area contributed by atoms with Gasteiger partial charge in [0.25, 0.3) is 5.91 Å². The molecule has 1 aromatic carbocycles. The summed E-state index contributed by atoms with van der Waals surface area (Å²) in [7, 11) is 1.62. The van der Waals surface area contributed by atoms with Gasteiger partial charge in [-0.2, -0.15) is 0 Å². The van der Waals surface area contributed by atoms with Crippen LogP contribution in [0.1, 0.15) is 19.4 Å². The Balaban J connectivity index is 2.38. The van der Waals surface area contributed by atoms with E-state index >= 15 is 0 Å². The summed E-state index contributed by atoms with van der Waals surface area (Å²) in [5.41, 5.74) is -0.207. The molecule has 0 saturated heterocycles. The number of methoxy groups -OCH3 is 1. The molecule has 0 aliphatic heterocycles. The zero-order valence-corrected chi connectivity index (χ0v) is 10.5. The van der Waals surface area contributed by atoms with Gasteiger partial charge in [-0.1, -0.05) is 12.1 Å². The average Bonchev–Trinajstić information content (AvgIpc) is 2.28. The van der Waals surface area contributed by atoms with Crippen LogP contribution in [-0.4, -0.2) is 30.3 Å². The van der Waals surface area contributed by atoms with Gasteiger partial charge in [0.15, 0.2) is 0 Å². The Morgan fingerprint density at radius 1 is 1.35 bits per heavy atom. The third-order valence-electron chi connectivity index (χ3n) is 2.41. The fraction of sp³-hybridized carbons (Fsp3) is 0.462. The Hall–Kier alpha value is -1.55. The molecular formula is C13H19NO3. The predicted octanol–water partition coefficient (Wildman–Crippen LogP) is 1.12. The lowest BCUT2D eigenvalue weighted by molar-refractivity contribution is -0.136. The van der Waals surface area contributed by atoms with Gasteiger partial charge < -0.3 is 15.2 Å². The van der Waals surface area contributed by atoms with Crippen molar-refractivity contribution in [2.45, 2.75) is 25.9 Å². The van der Waals surface area contributed by atoms with Crippen LogP contribution in [0.5, 0.6) is 5.75 Å². The van der Waals surface area contributed by atoms with Crippen molar-refractivity contribution in [2.75, 3.05) is 13.7 Å². The minimum absolute atomic E-state index is 0.356. The third-order valence-corrected chi connectivity index (χ3v) is 2.41. The molecule has 0 aliphatic rings. The Morgan fingerprint density at radius 2 is 1.94 bits per heavy atom. The van der Waals surface area contributed by atoms with Gasteiger partial charge in [-0.15, -0.1) is 0 Å². The number of carbonyl (C=O) groups excluding carboxylic acids is 1. The summed E-state index contributed by atoms with van der Waals surface area (Å²) in [5, 5.41) is 12.1. The smallest absolute Gasteiger partial charge is 0.251 e. The highest BCUT2D eigenvalue weighted by Crippen LogP contribution is 2.11. The maximum atomic E-state index is 11.4. The number of rotatable bonds is 5. The Labute approximate surface area is 102 Å². The van der Waals surface area contributed by atoms with Gasteiger partial charge in [0.2, 0.25) is 0 Å². The van der Waals surface area contributed by atoms with E-state index < -0.39 is 5.60 Å². The van der Waals surface area contributed by atoms with Crippen LogP contribution in [0.15, 0.2) is 24.3 Å². The van der Waals surface area contributed by atoms with E-state index in [2.05, 4.69) is 5.32 Å². The first-order chi connectivity index (χ1) is 7.93. The normalized spacial score (nSPS) is 11.1. The van der Waals surface area contributed by atoms with Gasteiger partial charge in [-0.3, -0.25) is 4.79 Å². The van der Waals surface area contributed by atoms with Crippen LogP contribution in [0.2, 0.25) is 0 Å². The van der Waals surface area contributed by atoms with E-state index in [1.54, 1.807) is 7.11 Å². The highest BCUT2D eigenvalue weighted by atomic mass is 16.5. The van der Waals surface area contributed by atoms with Crippen molar-refractivity contribution < 1.29 is 14.6 Å². The summed E-state index contributed by atoms with van der Waals surface area (Å²) in [6.45, 7) is 3.45. The van der Waals surface area contributed by atoms with Crippen LogP contribution in [0.4, 0.5) is 0 Å². The first-order valence-electron chi connectivity index (χ1n) is 5.57. The van der Waals surface area contributed by atoms with Crippen molar-refractivity contribution in [3.63, 3.8) is 0 Å². The SMILES string of the molecule is COc1ccc(CCNC(=O)C(C)(C)O)cc1. The quantitative estimate of drug-likeness (QED) is 0.807. The Bertz CT molecular complexity index is 365. The van der Waals surface area contributed by atoms with Crippen LogP contribution >= 0.6 is 0 Å². The fourth-order valence-corrected chi connectivity index (χ4v) is 1.33. The zero-order chi connectivity index (χ0) is 12.9. The molecule has 0 heterocycles.